The molecule has 10 heteroatoms. The van der Waals surface area contributed by atoms with Gasteiger partial charge >= 0.3 is 0 Å². The van der Waals surface area contributed by atoms with Crippen LogP contribution in [0, 0.1) is 0 Å². The molecule has 2 heterocycles. The summed E-state index contributed by atoms with van der Waals surface area (Å²) in [6.07, 6.45) is -5.61. The third-order valence-corrected chi connectivity index (χ3v) is 6.71. The summed E-state index contributed by atoms with van der Waals surface area (Å²) in [6, 6.07) is 7.97. The Hall–Kier alpha value is -1.34. The Balaban J connectivity index is 1.63. The molecule has 174 valence electrons. The average molecular weight is 440 g/mol. The second-order valence-corrected chi connectivity index (χ2v) is 8.72. The molecule has 7 N–H and O–H groups in total. The van der Waals surface area contributed by atoms with E-state index in [1.807, 2.05) is 30.3 Å². The van der Waals surface area contributed by atoms with Gasteiger partial charge in [-0.2, -0.15) is 0 Å². The Kier molecular flexibility index (Phi) is 6.29. The molecule has 0 radical (unpaired) electrons. The van der Waals surface area contributed by atoms with E-state index in [4.69, 9.17) is 14.2 Å². The molecule has 0 bridgehead atoms. The van der Waals surface area contributed by atoms with E-state index in [1.165, 1.54) is 0 Å². The lowest BCUT2D eigenvalue weighted by Crippen LogP contribution is -2.81. The third-order valence-electron chi connectivity index (χ3n) is 6.71. The number of ether oxygens (including phenoxy) is 3. The van der Waals surface area contributed by atoms with Gasteiger partial charge in [0.15, 0.2) is 0 Å². The first-order chi connectivity index (χ1) is 14.7. The minimum atomic E-state index is -2.22. The first-order valence-electron chi connectivity index (χ1n) is 10.7. The zero-order valence-electron chi connectivity index (χ0n) is 17.9. The van der Waals surface area contributed by atoms with Crippen LogP contribution in [0.15, 0.2) is 30.3 Å². The highest BCUT2D eigenvalue weighted by molar-refractivity contribution is 5.43. The SMILES string of the molecule is CN[C@@H]1[C@H](O)[C@H](NC)C2O[C@]3(O)C(OC2[C@H]1O)O[C@H](C)C[C@@]3(O)CNc1ccccc1. The van der Waals surface area contributed by atoms with Gasteiger partial charge in [-0.05, 0) is 33.2 Å². The van der Waals surface area contributed by atoms with Crippen molar-refractivity contribution in [3.8, 4) is 0 Å². The molecule has 2 aliphatic heterocycles. The van der Waals surface area contributed by atoms with Gasteiger partial charge in [-0.25, -0.2) is 0 Å². The molecule has 1 aromatic rings. The summed E-state index contributed by atoms with van der Waals surface area (Å²) in [5.41, 5.74) is -0.984. The number of aliphatic hydroxyl groups is 4. The molecular weight excluding hydrogens is 406 g/mol. The maximum Gasteiger partial charge on any atom is 0.250 e. The number of rotatable bonds is 5. The van der Waals surface area contributed by atoms with Crippen LogP contribution in [0.4, 0.5) is 5.69 Å². The lowest BCUT2D eigenvalue weighted by molar-refractivity contribution is -0.481. The maximum atomic E-state index is 11.6. The van der Waals surface area contributed by atoms with E-state index in [0.29, 0.717) is 0 Å². The molecular formula is C21H33N3O7. The number of fused-ring (bicyclic) bond motifs is 2. The Morgan fingerprint density at radius 2 is 1.65 bits per heavy atom. The van der Waals surface area contributed by atoms with Gasteiger partial charge in [-0.3, -0.25) is 0 Å². The van der Waals surface area contributed by atoms with Crippen molar-refractivity contribution in [2.75, 3.05) is 26.0 Å². The lowest BCUT2D eigenvalue weighted by Gasteiger charge is -2.60. The smallest absolute Gasteiger partial charge is 0.250 e. The normalized spacial score (nSPS) is 47.3. The zero-order chi connectivity index (χ0) is 22.4. The fraction of sp³-hybridized carbons (Fsp3) is 0.714. The average Bonchev–Trinajstić information content (AvgIpc) is 2.74. The summed E-state index contributed by atoms with van der Waals surface area (Å²) in [6.45, 7) is 1.75. The number of hydrogen-bond acceptors (Lipinski definition) is 10. The van der Waals surface area contributed by atoms with E-state index in [9.17, 15) is 20.4 Å². The van der Waals surface area contributed by atoms with Gasteiger partial charge < -0.3 is 50.6 Å². The van der Waals surface area contributed by atoms with Crippen LogP contribution in [-0.4, -0.2) is 101 Å². The molecule has 10 atom stereocenters. The molecule has 4 rings (SSSR count). The quantitative estimate of drug-likeness (QED) is 0.285. The van der Waals surface area contributed by atoms with Crippen molar-refractivity contribution in [3.05, 3.63) is 30.3 Å². The minimum Gasteiger partial charge on any atom is -0.390 e. The Morgan fingerprint density at radius 3 is 2.29 bits per heavy atom. The van der Waals surface area contributed by atoms with Crippen LogP contribution >= 0.6 is 0 Å². The van der Waals surface area contributed by atoms with Gasteiger partial charge in [0.1, 0.15) is 23.9 Å². The maximum absolute atomic E-state index is 11.6. The second kappa shape index (κ2) is 8.54. The van der Waals surface area contributed by atoms with Gasteiger partial charge in [0.25, 0.3) is 0 Å². The molecule has 3 unspecified atom stereocenters. The fourth-order valence-corrected chi connectivity index (χ4v) is 5.03. The number of benzene rings is 1. The van der Waals surface area contributed by atoms with Crippen LogP contribution < -0.4 is 16.0 Å². The predicted molar refractivity (Wildman–Crippen MR) is 111 cm³/mol. The zero-order valence-corrected chi connectivity index (χ0v) is 17.9. The molecule has 3 fully saturated rings. The van der Waals surface area contributed by atoms with E-state index in [0.717, 1.165) is 5.69 Å². The molecule has 1 aromatic carbocycles. The summed E-state index contributed by atoms with van der Waals surface area (Å²) in [5, 5.41) is 53.7. The predicted octanol–water partition coefficient (Wildman–Crippen LogP) is -1.65. The standard InChI is InChI=1S/C21H33N3O7/c1-11-9-20(27,10-24-12-7-5-4-6-8-12)21(28)19(29-11)30-18-16(26)13(22-2)15(25)14(23-3)17(18)31-21/h4-8,11,13-19,22-28H,9-10H2,1-3H3/t11-,13-,14+,15+,16+,17?,18?,19?,20-,21-/m1/s1. The number of likely N-dealkylation sites (N-methyl/N-ethyl adjacent to an activating group) is 2. The first kappa shape index (κ1) is 22.8. The van der Waals surface area contributed by atoms with E-state index in [2.05, 4.69) is 16.0 Å². The molecule has 1 aliphatic carbocycles. The van der Waals surface area contributed by atoms with Gasteiger partial charge in [0, 0.05) is 18.7 Å². The number of para-hydroxylation sites is 1. The highest BCUT2D eigenvalue weighted by Crippen LogP contribution is 2.46. The molecule has 10 nitrogen and oxygen atoms in total. The Bertz CT molecular complexity index is 758. The topological polar surface area (TPSA) is 145 Å². The largest absolute Gasteiger partial charge is 0.390 e. The summed E-state index contributed by atoms with van der Waals surface area (Å²) in [5.74, 6) is -2.22. The van der Waals surface area contributed by atoms with Crippen molar-refractivity contribution in [2.24, 2.45) is 0 Å². The van der Waals surface area contributed by atoms with Crippen LogP contribution in [0.5, 0.6) is 0 Å². The van der Waals surface area contributed by atoms with Gasteiger partial charge in [-0.1, -0.05) is 18.2 Å². The second-order valence-electron chi connectivity index (χ2n) is 8.72. The van der Waals surface area contributed by atoms with Crippen molar-refractivity contribution < 1.29 is 34.6 Å². The molecule has 31 heavy (non-hydrogen) atoms. The number of nitrogens with one attached hydrogen (secondary N) is 3. The first-order valence-corrected chi connectivity index (χ1v) is 10.7. The monoisotopic (exact) mass is 439 g/mol. The molecule has 1 saturated carbocycles. The van der Waals surface area contributed by atoms with Crippen molar-refractivity contribution in [2.45, 2.75) is 73.6 Å². The molecule has 0 spiro atoms. The number of aliphatic hydroxyl groups excluding tert-OH is 2. The Morgan fingerprint density at radius 1 is 0.968 bits per heavy atom. The molecule has 3 aliphatic rings. The third kappa shape index (κ3) is 3.75. The van der Waals surface area contributed by atoms with Crippen molar-refractivity contribution in [3.63, 3.8) is 0 Å². The van der Waals surface area contributed by atoms with Crippen LogP contribution in [-0.2, 0) is 14.2 Å². The van der Waals surface area contributed by atoms with Crippen LogP contribution in [0.2, 0.25) is 0 Å². The van der Waals surface area contributed by atoms with Gasteiger partial charge in [0.05, 0.1) is 24.3 Å². The van der Waals surface area contributed by atoms with Gasteiger partial charge in [0.2, 0.25) is 12.1 Å². The van der Waals surface area contributed by atoms with Crippen molar-refractivity contribution in [1.82, 2.24) is 10.6 Å². The fourth-order valence-electron chi connectivity index (χ4n) is 5.03. The van der Waals surface area contributed by atoms with E-state index in [-0.39, 0.29) is 13.0 Å². The highest BCUT2D eigenvalue weighted by Gasteiger charge is 2.68. The summed E-state index contributed by atoms with van der Waals surface area (Å²) >= 11 is 0. The molecule has 0 aromatic heterocycles. The molecule has 0 amide bonds. The Labute approximate surface area is 181 Å². The highest BCUT2D eigenvalue weighted by atomic mass is 16.8. The van der Waals surface area contributed by atoms with Crippen LogP contribution in [0.25, 0.3) is 0 Å². The van der Waals surface area contributed by atoms with E-state index >= 15 is 0 Å². The van der Waals surface area contributed by atoms with Gasteiger partial charge in [-0.15, -0.1) is 0 Å². The summed E-state index contributed by atoms with van der Waals surface area (Å²) in [7, 11) is 3.29. The summed E-state index contributed by atoms with van der Waals surface area (Å²) in [4.78, 5) is 0. The van der Waals surface area contributed by atoms with Crippen molar-refractivity contribution >= 4 is 5.69 Å². The summed E-state index contributed by atoms with van der Waals surface area (Å²) < 4.78 is 17.9. The van der Waals surface area contributed by atoms with Crippen LogP contribution in [0.3, 0.4) is 0 Å². The van der Waals surface area contributed by atoms with E-state index < -0.39 is 60.3 Å². The van der Waals surface area contributed by atoms with E-state index in [1.54, 1.807) is 21.0 Å². The number of anilines is 1. The molecule has 2 saturated heterocycles. The number of hydrogen-bond donors (Lipinski definition) is 7. The van der Waals surface area contributed by atoms with Crippen LogP contribution in [0.1, 0.15) is 13.3 Å². The minimum absolute atomic E-state index is 0.0209. The van der Waals surface area contributed by atoms with Crippen molar-refractivity contribution in [1.29, 1.82) is 0 Å². The lowest BCUT2D eigenvalue weighted by atomic mass is 9.77.